The molecule has 37 heavy (non-hydrogen) atoms. The fourth-order valence-corrected chi connectivity index (χ4v) is 6.39. The summed E-state index contributed by atoms with van der Waals surface area (Å²) in [4.78, 5) is 32.4. The van der Waals surface area contributed by atoms with E-state index in [1.54, 1.807) is 31.2 Å². The number of aromatic nitrogens is 1. The number of thiazole rings is 1. The highest BCUT2D eigenvalue weighted by Gasteiger charge is 2.36. The lowest BCUT2D eigenvalue weighted by Gasteiger charge is -2.27. The van der Waals surface area contributed by atoms with Crippen LogP contribution in [0.1, 0.15) is 43.9 Å². The molecule has 0 radical (unpaired) electrons. The maximum absolute atomic E-state index is 13.9. The second kappa shape index (κ2) is 11.6. The molecule has 0 fully saturated rings. The van der Waals surface area contributed by atoms with Gasteiger partial charge in [-0.2, -0.15) is 0 Å². The molecule has 0 saturated heterocycles. The SMILES string of the molecule is CCCC1=C(C(=O)OCC)[C@H](c2cc(Br)ccc2OC)n2c(s/c(=C/c3cc(Br)cc(Cl)c3O)c2=O)=N1. The Morgan fingerprint density at radius 1 is 1.24 bits per heavy atom. The number of esters is 1. The Labute approximate surface area is 239 Å². The minimum atomic E-state index is -0.828. The maximum atomic E-state index is 13.9. The van der Waals surface area contributed by atoms with Gasteiger partial charge in [-0.05, 0) is 49.8 Å². The number of phenols is 1. The van der Waals surface area contributed by atoms with Gasteiger partial charge in [0.25, 0.3) is 5.56 Å². The summed E-state index contributed by atoms with van der Waals surface area (Å²) in [5.41, 5.74) is 1.48. The van der Waals surface area contributed by atoms with Crippen LogP contribution in [0.4, 0.5) is 0 Å². The van der Waals surface area contributed by atoms with Crippen molar-refractivity contribution in [2.75, 3.05) is 13.7 Å². The molecular weight excluding hydrogens is 648 g/mol. The highest BCUT2D eigenvalue weighted by Crippen LogP contribution is 2.38. The minimum absolute atomic E-state index is 0.139. The average Bonchev–Trinajstić information content (AvgIpc) is 3.16. The standard InChI is InChI=1S/C26H23Br2ClN2O5S/c1-4-6-18-21(25(34)36-5-2)22(16-11-14(27)7-8-19(16)35-3)31-24(33)20(37-26(31)30-18)10-13-9-15(28)12-17(29)23(13)32/h7-12,22,32H,4-6H2,1-3H3/b20-10+/t22-/m0/s1. The number of aromatic hydroxyl groups is 1. The van der Waals surface area contributed by atoms with Gasteiger partial charge >= 0.3 is 5.97 Å². The minimum Gasteiger partial charge on any atom is -0.506 e. The van der Waals surface area contributed by atoms with Gasteiger partial charge in [0.1, 0.15) is 17.5 Å². The summed E-state index contributed by atoms with van der Waals surface area (Å²) in [5.74, 6) is -0.161. The average molecular weight is 671 g/mol. The molecule has 3 aromatic rings. The molecule has 11 heteroatoms. The van der Waals surface area contributed by atoms with Crippen molar-refractivity contribution in [3.8, 4) is 11.5 Å². The van der Waals surface area contributed by atoms with E-state index in [-0.39, 0.29) is 22.9 Å². The molecule has 0 amide bonds. The monoisotopic (exact) mass is 668 g/mol. The van der Waals surface area contributed by atoms with Gasteiger partial charge < -0.3 is 14.6 Å². The summed E-state index contributed by atoms with van der Waals surface area (Å²) in [7, 11) is 1.54. The van der Waals surface area contributed by atoms with Crippen LogP contribution in [0.3, 0.4) is 0 Å². The van der Waals surface area contributed by atoms with Gasteiger partial charge in [0.05, 0.1) is 34.5 Å². The Morgan fingerprint density at radius 2 is 2.00 bits per heavy atom. The third kappa shape index (κ3) is 5.43. The largest absolute Gasteiger partial charge is 0.506 e. The van der Waals surface area contributed by atoms with Crippen molar-refractivity contribution in [2.45, 2.75) is 32.7 Å². The van der Waals surface area contributed by atoms with Crippen molar-refractivity contribution >= 4 is 66.8 Å². The molecule has 4 rings (SSSR count). The first-order chi connectivity index (χ1) is 17.7. The lowest BCUT2D eigenvalue weighted by atomic mass is 9.93. The van der Waals surface area contributed by atoms with Crippen LogP contribution in [0, 0.1) is 0 Å². The molecule has 1 aliphatic heterocycles. The number of fused-ring (bicyclic) bond motifs is 1. The van der Waals surface area contributed by atoms with E-state index in [1.165, 1.54) is 23.0 Å². The van der Waals surface area contributed by atoms with Gasteiger partial charge in [0.2, 0.25) is 0 Å². The van der Waals surface area contributed by atoms with E-state index in [9.17, 15) is 14.7 Å². The van der Waals surface area contributed by atoms with Gasteiger partial charge in [0.15, 0.2) is 4.80 Å². The summed E-state index contributed by atoms with van der Waals surface area (Å²) in [5, 5.41) is 10.6. The number of rotatable bonds is 7. The summed E-state index contributed by atoms with van der Waals surface area (Å²) >= 11 is 14.2. The number of methoxy groups -OCH3 is 1. The number of halogens is 3. The van der Waals surface area contributed by atoms with E-state index in [0.29, 0.717) is 48.4 Å². The van der Waals surface area contributed by atoms with E-state index in [0.717, 1.165) is 10.9 Å². The Bertz CT molecular complexity index is 1600. The molecule has 1 aliphatic rings. The quantitative estimate of drug-likeness (QED) is 0.337. The zero-order chi connectivity index (χ0) is 26.9. The summed E-state index contributed by atoms with van der Waals surface area (Å²) in [6.07, 6.45) is 2.83. The van der Waals surface area contributed by atoms with Crippen LogP contribution in [0.2, 0.25) is 5.02 Å². The van der Waals surface area contributed by atoms with Crippen LogP contribution >= 0.6 is 54.8 Å². The van der Waals surface area contributed by atoms with E-state index in [4.69, 9.17) is 26.1 Å². The zero-order valence-corrected chi connectivity index (χ0v) is 24.9. The van der Waals surface area contributed by atoms with Crippen LogP contribution in [0.15, 0.2) is 60.3 Å². The van der Waals surface area contributed by atoms with Gasteiger partial charge in [-0.1, -0.05) is 68.1 Å². The molecular formula is C26H23Br2ClN2O5S. The molecule has 1 N–H and O–H groups in total. The molecule has 1 aromatic heterocycles. The van der Waals surface area contributed by atoms with E-state index in [2.05, 4.69) is 31.9 Å². The highest BCUT2D eigenvalue weighted by molar-refractivity contribution is 9.10. The third-order valence-corrected chi connectivity index (χ3v) is 7.94. The van der Waals surface area contributed by atoms with Gasteiger partial charge in [-0.3, -0.25) is 9.36 Å². The molecule has 0 saturated carbocycles. The summed E-state index contributed by atoms with van der Waals surface area (Å²) in [6, 6.07) is 7.84. The number of hydrogen-bond acceptors (Lipinski definition) is 7. The molecule has 194 valence electrons. The predicted molar refractivity (Wildman–Crippen MR) is 151 cm³/mol. The van der Waals surface area contributed by atoms with Crippen LogP contribution in [-0.4, -0.2) is 29.4 Å². The number of carbonyl (C=O) groups is 1. The number of benzene rings is 2. The molecule has 0 unspecified atom stereocenters. The Morgan fingerprint density at radius 3 is 2.68 bits per heavy atom. The van der Waals surface area contributed by atoms with Crippen LogP contribution in [0.25, 0.3) is 6.08 Å². The molecule has 7 nitrogen and oxygen atoms in total. The number of allylic oxidation sites excluding steroid dienone is 1. The van der Waals surface area contributed by atoms with Crippen molar-refractivity contribution in [2.24, 2.45) is 4.99 Å². The highest BCUT2D eigenvalue weighted by atomic mass is 79.9. The Balaban J connectivity index is 2.08. The first-order valence-corrected chi connectivity index (χ1v) is 14.2. The van der Waals surface area contributed by atoms with Crippen molar-refractivity contribution < 1.29 is 19.4 Å². The lowest BCUT2D eigenvalue weighted by molar-refractivity contribution is -0.139. The van der Waals surface area contributed by atoms with Crippen molar-refractivity contribution in [3.05, 3.63) is 86.4 Å². The number of phenolic OH excluding ortho intramolecular Hbond substituents is 1. The molecule has 0 spiro atoms. The normalized spacial score (nSPS) is 15.4. The smallest absolute Gasteiger partial charge is 0.338 e. The summed E-state index contributed by atoms with van der Waals surface area (Å²) in [6.45, 7) is 3.91. The predicted octanol–water partition coefficient (Wildman–Crippen LogP) is 5.47. The fourth-order valence-electron chi connectivity index (χ4n) is 4.17. The number of ether oxygens (including phenoxy) is 2. The molecule has 2 heterocycles. The lowest BCUT2D eigenvalue weighted by Crippen LogP contribution is -2.40. The fraction of sp³-hybridized carbons (Fsp3) is 0.269. The topological polar surface area (TPSA) is 90.1 Å². The Kier molecular flexibility index (Phi) is 8.63. The van der Waals surface area contributed by atoms with Crippen LogP contribution in [-0.2, 0) is 9.53 Å². The number of nitrogens with zero attached hydrogens (tertiary/aromatic N) is 2. The second-order valence-electron chi connectivity index (χ2n) is 8.13. The summed E-state index contributed by atoms with van der Waals surface area (Å²) < 4.78 is 14.3. The number of carbonyl (C=O) groups excluding carboxylic acids is 1. The number of hydrogen-bond donors (Lipinski definition) is 1. The van der Waals surface area contributed by atoms with Gasteiger partial charge in [-0.15, -0.1) is 0 Å². The molecule has 1 atom stereocenters. The van der Waals surface area contributed by atoms with Crippen LogP contribution in [0.5, 0.6) is 11.5 Å². The van der Waals surface area contributed by atoms with E-state index in [1.807, 2.05) is 19.1 Å². The molecule has 0 aliphatic carbocycles. The van der Waals surface area contributed by atoms with Crippen molar-refractivity contribution in [1.82, 2.24) is 4.57 Å². The molecule has 0 bridgehead atoms. The van der Waals surface area contributed by atoms with E-state index < -0.39 is 12.0 Å². The van der Waals surface area contributed by atoms with Crippen LogP contribution < -0.4 is 19.6 Å². The molecule has 2 aromatic carbocycles. The van der Waals surface area contributed by atoms with Gasteiger partial charge in [-0.25, -0.2) is 9.79 Å². The van der Waals surface area contributed by atoms with E-state index >= 15 is 0 Å². The van der Waals surface area contributed by atoms with Crippen molar-refractivity contribution in [3.63, 3.8) is 0 Å². The first kappa shape index (κ1) is 27.6. The first-order valence-electron chi connectivity index (χ1n) is 11.4. The van der Waals surface area contributed by atoms with Crippen molar-refractivity contribution in [1.29, 1.82) is 0 Å². The Hall–Kier alpha value is -2.40. The second-order valence-corrected chi connectivity index (χ2v) is 11.4. The zero-order valence-electron chi connectivity index (χ0n) is 20.2. The maximum Gasteiger partial charge on any atom is 0.338 e. The third-order valence-electron chi connectivity index (χ3n) is 5.72. The van der Waals surface area contributed by atoms with Gasteiger partial charge in [0, 0.05) is 20.1 Å².